The first kappa shape index (κ1) is 13.8. The van der Waals surface area contributed by atoms with Gasteiger partial charge in [-0.05, 0) is 31.2 Å². The minimum absolute atomic E-state index is 0.266. The van der Waals surface area contributed by atoms with Gasteiger partial charge in [0.25, 0.3) is 5.91 Å². The first-order chi connectivity index (χ1) is 9.60. The molecule has 0 saturated carbocycles. The van der Waals surface area contributed by atoms with E-state index >= 15 is 0 Å². The number of hydrogen-bond acceptors (Lipinski definition) is 5. The van der Waals surface area contributed by atoms with Crippen LogP contribution in [0.15, 0.2) is 30.5 Å². The molecule has 0 aliphatic carbocycles. The molecule has 0 saturated heterocycles. The van der Waals surface area contributed by atoms with Gasteiger partial charge in [0.1, 0.15) is 11.6 Å². The van der Waals surface area contributed by atoms with Gasteiger partial charge in [-0.15, -0.1) is 0 Å². The Bertz CT molecular complexity index is 628. The fraction of sp³-hybridized carbons (Fsp3) is 0.214. The fourth-order valence-corrected chi connectivity index (χ4v) is 1.73. The van der Waals surface area contributed by atoms with Crippen molar-refractivity contribution in [2.75, 3.05) is 12.8 Å². The number of carbonyl (C=O) groups excluding carboxylic acids is 1. The predicted octanol–water partition coefficient (Wildman–Crippen LogP) is 1.31. The molecule has 0 atom stereocenters. The first-order valence-electron chi connectivity index (χ1n) is 6.10. The lowest BCUT2D eigenvalue weighted by atomic mass is 10.1. The molecule has 3 N–H and O–H groups in total. The second-order valence-electron chi connectivity index (χ2n) is 4.23. The Morgan fingerprint density at radius 1 is 1.40 bits per heavy atom. The third-order valence-corrected chi connectivity index (χ3v) is 2.77. The molecule has 1 amide bonds. The Morgan fingerprint density at radius 2 is 2.20 bits per heavy atom. The quantitative estimate of drug-likeness (QED) is 0.819. The van der Waals surface area contributed by atoms with Crippen LogP contribution in [0.2, 0.25) is 0 Å². The first-order valence-corrected chi connectivity index (χ1v) is 6.10. The maximum absolute atomic E-state index is 12.1. The van der Waals surface area contributed by atoms with Crippen LogP contribution >= 0.6 is 0 Å². The van der Waals surface area contributed by atoms with Gasteiger partial charge in [-0.3, -0.25) is 4.79 Å². The number of hydrogen-bond donors (Lipinski definition) is 2. The van der Waals surface area contributed by atoms with Crippen LogP contribution in [0.25, 0.3) is 0 Å². The second-order valence-corrected chi connectivity index (χ2v) is 4.23. The smallest absolute Gasteiger partial charge is 0.253 e. The molecule has 2 rings (SSSR count). The standard InChI is InChI=1S/C14H16N4O2/c1-9-16-6-5-10(18-9)8-17-14(19)12-7-11(20-2)3-4-13(12)15/h3-7H,8,15H2,1-2H3,(H,17,19). The minimum atomic E-state index is -0.266. The Balaban J connectivity index is 2.08. The van der Waals surface area contributed by atoms with E-state index in [0.29, 0.717) is 29.4 Å². The van der Waals surface area contributed by atoms with Crippen LogP contribution < -0.4 is 15.8 Å². The van der Waals surface area contributed by atoms with Crippen LogP contribution in [-0.4, -0.2) is 23.0 Å². The molecule has 6 nitrogen and oxygen atoms in total. The summed E-state index contributed by atoms with van der Waals surface area (Å²) in [6.45, 7) is 2.12. The van der Waals surface area contributed by atoms with Crippen molar-refractivity contribution in [3.63, 3.8) is 0 Å². The van der Waals surface area contributed by atoms with Crippen LogP contribution in [0.4, 0.5) is 5.69 Å². The van der Waals surface area contributed by atoms with E-state index in [1.54, 1.807) is 37.4 Å². The molecule has 0 unspecified atom stereocenters. The topological polar surface area (TPSA) is 90.1 Å². The lowest BCUT2D eigenvalue weighted by Crippen LogP contribution is -2.24. The number of aryl methyl sites for hydroxylation is 1. The molecule has 0 bridgehead atoms. The highest BCUT2D eigenvalue weighted by molar-refractivity contribution is 5.99. The molecule has 0 spiro atoms. The fourth-order valence-electron chi connectivity index (χ4n) is 1.73. The van der Waals surface area contributed by atoms with E-state index in [4.69, 9.17) is 10.5 Å². The number of benzene rings is 1. The molecule has 1 aromatic carbocycles. The molecule has 0 aliphatic heterocycles. The Kier molecular flexibility index (Phi) is 4.14. The van der Waals surface area contributed by atoms with Gasteiger partial charge in [0.2, 0.25) is 0 Å². The molecule has 1 aromatic heterocycles. The van der Waals surface area contributed by atoms with Gasteiger partial charge in [0, 0.05) is 11.9 Å². The zero-order chi connectivity index (χ0) is 14.5. The van der Waals surface area contributed by atoms with E-state index in [9.17, 15) is 4.79 Å². The summed E-state index contributed by atoms with van der Waals surface area (Å²) >= 11 is 0. The number of rotatable bonds is 4. The van der Waals surface area contributed by atoms with Crippen molar-refractivity contribution >= 4 is 11.6 Å². The minimum Gasteiger partial charge on any atom is -0.497 e. The monoisotopic (exact) mass is 272 g/mol. The molecular weight excluding hydrogens is 256 g/mol. The zero-order valence-electron chi connectivity index (χ0n) is 11.4. The van der Waals surface area contributed by atoms with Gasteiger partial charge in [0.15, 0.2) is 0 Å². The van der Waals surface area contributed by atoms with E-state index < -0.39 is 0 Å². The predicted molar refractivity (Wildman–Crippen MR) is 75.3 cm³/mol. The van der Waals surface area contributed by atoms with Crippen molar-refractivity contribution in [3.8, 4) is 5.75 Å². The Hall–Kier alpha value is -2.63. The van der Waals surface area contributed by atoms with E-state index in [1.165, 1.54) is 7.11 Å². The SMILES string of the molecule is COc1ccc(N)c(C(=O)NCc2ccnc(C)n2)c1. The number of carbonyl (C=O) groups is 1. The average molecular weight is 272 g/mol. The maximum Gasteiger partial charge on any atom is 0.253 e. The van der Waals surface area contributed by atoms with Crippen molar-refractivity contribution < 1.29 is 9.53 Å². The Morgan fingerprint density at radius 3 is 2.90 bits per heavy atom. The number of nitrogens with one attached hydrogen (secondary N) is 1. The van der Waals surface area contributed by atoms with Gasteiger partial charge in [-0.25, -0.2) is 9.97 Å². The van der Waals surface area contributed by atoms with Crippen molar-refractivity contribution in [3.05, 3.63) is 47.5 Å². The van der Waals surface area contributed by atoms with Crippen LogP contribution in [0, 0.1) is 6.92 Å². The largest absolute Gasteiger partial charge is 0.497 e. The summed E-state index contributed by atoms with van der Waals surface area (Å²) in [6, 6.07) is 6.71. The highest BCUT2D eigenvalue weighted by Crippen LogP contribution is 2.19. The van der Waals surface area contributed by atoms with Crippen LogP contribution in [0.5, 0.6) is 5.75 Å². The van der Waals surface area contributed by atoms with Crippen molar-refractivity contribution in [2.24, 2.45) is 0 Å². The van der Waals surface area contributed by atoms with Gasteiger partial charge < -0.3 is 15.8 Å². The second kappa shape index (κ2) is 6.01. The lowest BCUT2D eigenvalue weighted by Gasteiger charge is -2.09. The van der Waals surface area contributed by atoms with Gasteiger partial charge in [-0.1, -0.05) is 0 Å². The van der Waals surface area contributed by atoms with Crippen LogP contribution in [-0.2, 0) is 6.54 Å². The van der Waals surface area contributed by atoms with Crippen molar-refractivity contribution in [1.29, 1.82) is 0 Å². The maximum atomic E-state index is 12.1. The molecule has 0 radical (unpaired) electrons. The Labute approximate surface area is 117 Å². The van der Waals surface area contributed by atoms with E-state index in [2.05, 4.69) is 15.3 Å². The van der Waals surface area contributed by atoms with Crippen molar-refractivity contribution in [1.82, 2.24) is 15.3 Å². The lowest BCUT2D eigenvalue weighted by molar-refractivity contribution is 0.0951. The number of anilines is 1. The molecule has 20 heavy (non-hydrogen) atoms. The molecule has 1 heterocycles. The summed E-state index contributed by atoms with van der Waals surface area (Å²) < 4.78 is 5.08. The number of amides is 1. The van der Waals surface area contributed by atoms with Crippen LogP contribution in [0.1, 0.15) is 21.9 Å². The molecular formula is C14H16N4O2. The van der Waals surface area contributed by atoms with E-state index in [-0.39, 0.29) is 5.91 Å². The highest BCUT2D eigenvalue weighted by atomic mass is 16.5. The molecule has 0 fully saturated rings. The third kappa shape index (κ3) is 3.23. The number of aromatic nitrogens is 2. The van der Waals surface area contributed by atoms with Crippen LogP contribution in [0.3, 0.4) is 0 Å². The number of nitrogens with zero attached hydrogens (tertiary/aromatic N) is 2. The summed E-state index contributed by atoms with van der Waals surface area (Å²) in [6.07, 6.45) is 1.66. The molecule has 6 heteroatoms. The highest BCUT2D eigenvalue weighted by Gasteiger charge is 2.11. The van der Waals surface area contributed by atoms with Gasteiger partial charge in [0.05, 0.1) is 24.9 Å². The molecule has 2 aromatic rings. The summed E-state index contributed by atoms with van der Waals surface area (Å²) in [5, 5.41) is 2.77. The van der Waals surface area contributed by atoms with E-state index in [0.717, 1.165) is 5.69 Å². The van der Waals surface area contributed by atoms with E-state index in [1.807, 2.05) is 0 Å². The summed E-state index contributed by atoms with van der Waals surface area (Å²) in [5.41, 5.74) is 7.33. The normalized spacial score (nSPS) is 10.1. The molecule has 0 aliphatic rings. The summed E-state index contributed by atoms with van der Waals surface area (Å²) in [7, 11) is 1.54. The third-order valence-electron chi connectivity index (χ3n) is 2.77. The number of ether oxygens (including phenoxy) is 1. The summed E-state index contributed by atoms with van der Waals surface area (Å²) in [5.74, 6) is 0.984. The number of nitrogens with two attached hydrogens (primary N) is 1. The van der Waals surface area contributed by atoms with Gasteiger partial charge >= 0.3 is 0 Å². The zero-order valence-corrected chi connectivity index (χ0v) is 11.4. The summed E-state index contributed by atoms with van der Waals surface area (Å²) in [4.78, 5) is 20.3. The molecule has 104 valence electrons. The van der Waals surface area contributed by atoms with Gasteiger partial charge in [-0.2, -0.15) is 0 Å². The average Bonchev–Trinajstić information content (AvgIpc) is 2.45. The number of methoxy groups -OCH3 is 1. The number of nitrogen functional groups attached to an aromatic ring is 1. The van der Waals surface area contributed by atoms with Crippen molar-refractivity contribution in [2.45, 2.75) is 13.5 Å².